The Hall–Kier alpha value is -2.51. The maximum Gasteiger partial charge on any atom is 0.261 e. The van der Waals surface area contributed by atoms with E-state index in [9.17, 15) is 9.59 Å². The minimum absolute atomic E-state index is 0.141. The molecule has 2 amide bonds. The van der Waals surface area contributed by atoms with Crippen molar-refractivity contribution >= 4 is 11.8 Å². The average molecular weight is 425 g/mol. The molecule has 1 saturated carbocycles. The number of aromatic nitrogens is 1. The number of amides is 2. The van der Waals surface area contributed by atoms with Crippen LogP contribution in [0.2, 0.25) is 0 Å². The van der Waals surface area contributed by atoms with Crippen LogP contribution < -0.4 is 10.6 Å². The molecule has 7 nitrogen and oxygen atoms in total. The van der Waals surface area contributed by atoms with Gasteiger partial charge in [0.15, 0.2) is 0 Å². The summed E-state index contributed by atoms with van der Waals surface area (Å²) >= 11 is 0. The molecule has 1 fully saturated rings. The molecule has 1 aromatic heterocycles. The van der Waals surface area contributed by atoms with Gasteiger partial charge in [0.1, 0.15) is 11.5 Å². The van der Waals surface area contributed by atoms with Crippen LogP contribution in [0.4, 0.5) is 0 Å². The van der Waals surface area contributed by atoms with Gasteiger partial charge in [0.2, 0.25) is 0 Å². The molecule has 0 spiro atoms. The summed E-state index contributed by atoms with van der Waals surface area (Å²) in [6, 6.07) is 9.48. The zero-order chi connectivity index (χ0) is 21.5. The Bertz CT molecular complexity index is 853. The predicted octanol–water partition coefficient (Wildman–Crippen LogP) is 3.31. The van der Waals surface area contributed by atoms with Gasteiger partial charge in [-0.25, -0.2) is 0 Å². The van der Waals surface area contributed by atoms with Crippen LogP contribution in [0.3, 0.4) is 0 Å². The largest absolute Gasteiger partial charge is 0.361 e. The first-order chi connectivity index (χ1) is 15.2. The number of imide groups is 1. The number of nitrogens with zero attached hydrogens (tertiary/aromatic N) is 2. The summed E-state index contributed by atoms with van der Waals surface area (Å²) in [5, 5.41) is 11.2. The fourth-order valence-corrected chi connectivity index (χ4v) is 4.43. The molecular weight excluding hydrogens is 392 g/mol. The monoisotopic (exact) mass is 424 g/mol. The van der Waals surface area contributed by atoms with Crippen molar-refractivity contribution in [1.29, 1.82) is 0 Å². The third-order valence-corrected chi connectivity index (χ3v) is 6.15. The maximum absolute atomic E-state index is 12.5. The van der Waals surface area contributed by atoms with Crippen molar-refractivity contribution in [3.8, 4) is 0 Å². The van der Waals surface area contributed by atoms with Crippen molar-refractivity contribution in [1.82, 2.24) is 20.7 Å². The molecule has 2 heterocycles. The molecule has 1 aliphatic heterocycles. The molecule has 2 N–H and O–H groups in total. The van der Waals surface area contributed by atoms with Crippen LogP contribution in [0.15, 0.2) is 34.9 Å². The van der Waals surface area contributed by atoms with E-state index in [0.717, 1.165) is 50.7 Å². The molecule has 0 atom stereocenters. The number of rotatable bonds is 11. The molecular formula is C24H32N4O3. The molecule has 1 aromatic carbocycles. The zero-order valence-electron chi connectivity index (χ0n) is 18.1. The van der Waals surface area contributed by atoms with Crippen LogP contribution in [-0.4, -0.2) is 47.5 Å². The molecule has 0 bridgehead atoms. The zero-order valence-corrected chi connectivity index (χ0v) is 18.1. The highest BCUT2D eigenvalue weighted by Gasteiger charge is 2.35. The predicted molar refractivity (Wildman–Crippen MR) is 118 cm³/mol. The molecule has 0 saturated heterocycles. The van der Waals surface area contributed by atoms with Crippen LogP contribution in [0, 0.1) is 0 Å². The molecule has 0 radical (unpaired) electrons. The fraction of sp³-hybridized carbons (Fsp3) is 0.542. The molecule has 2 aromatic rings. The molecule has 2 aliphatic rings. The van der Waals surface area contributed by atoms with Gasteiger partial charge in [-0.2, -0.15) is 0 Å². The number of carbonyl (C=O) groups excluding carboxylic acids is 2. The topological polar surface area (TPSA) is 87.5 Å². The van der Waals surface area contributed by atoms with Crippen LogP contribution in [0.5, 0.6) is 0 Å². The summed E-state index contributed by atoms with van der Waals surface area (Å²) in [4.78, 5) is 26.2. The summed E-state index contributed by atoms with van der Waals surface area (Å²) in [5.41, 5.74) is 1.51. The standard InChI is InChI=1S/C24H32N4O3/c29-23-21-11-4-5-12-22(21)24(30)28(23)17-19-16-20(31-27-19)10-6-13-25-14-7-15-26-18-8-2-1-3-9-18/h4-5,11-12,16,18,25-26H,1-3,6-10,13-15,17H2. The smallest absolute Gasteiger partial charge is 0.261 e. The van der Waals surface area contributed by atoms with E-state index in [0.29, 0.717) is 16.8 Å². The second-order valence-corrected chi connectivity index (χ2v) is 8.52. The van der Waals surface area contributed by atoms with E-state index in [1.165, 1.54) is 37.0 Å². The van der Waals surface area contributed by atoms with Crippen LogP contribution in [0.25, 0.3) is 0 Å². The Kier molecular flexibility index (Phi) is 7.48. The first kappa shape index (κ1) is 21.7. The molecule has 166 valence electrons. The van der Waals surface area contributed by atoms with Crippen molar-refractivity contribution in [2.75, 3.05) is 19.6 Å². The molecule has 1 aliphatic carbocycles. The van der Waals surface area contributed by atoms with Crippen LogP contribution >= 0.6 is 0 Å². The summed E-state index contributed by atoms with van der Waals surface area (Å²) < 4.78 is 5.40. The molecule has 0 unspecified atom stereocenters. The Morgan fingerprint density at radius 2 is 1.68 bits per heavy atom. The van der Waals surface area contributed by atoms with Crippen molar-refractivity contribution in [2.24, 2.45) is 0 Å². The number of hydrogen-bond donors (Lipinski definition) is 2. The maximum atomic E-state index is 12.5. The number of nitrogens with one attached hydrogen (secondary N) is 2. The van der Waals surface area contributed by atoms with Crippen molar-refractivity contribution in [2.45, 2.75) is 64.0 Å². The Morgan fingerprint density at radius 1 is 0.968 bits per heavy atom. The highest BCUT2D eigenvalue weighted by Crippen LogP contribution is 2.24. The number of fused-ring (bicyclic) bond motifs is 1. The van der Waals surface area contributed by atoms with E-state index in [1.807, 2.05) is 6.07 Å². The third-order valence-electron chi connectivity index (χ3n) is 6.15. The lowest BCUT2D eigenvalue weighted by atomic mass is 9.95. The van der Waals surface area contributed by atoms with Gasteiger partial charge in [-0.05, 0) is 57.5 Å². The number of carbonyl (C=O) groups is 2. The minimum atomic E-state index is -0.271. The number of benzene rings is 1. The first-order valence-electron chi connectivity index (χ1n) is 11.6. The number of aryl methyl sites for hydroxylation is 1. The average Bonchev–Trinajstić information content (AvgIpc) is 3.35. The van der Waals surface area contributed by atoms with E-state index in [2.05, 4.69) is 15.8 Å². The second kappa shape index (κ2) is 10.7. The highest BCUT2D eigenvalue weighted by atomic mass is 16.5. The summed E-state index contributed by atoms with van der Waals surface area (Å²) in [6.07, 6.45) is 9.69. The van der Waals surface area contributed by atoms with Crippen LogP contribution in [0.1, 0.15) is 77.1 Å². The van der Waals surface area contributed by atoms with E-state index >= 15 is 0 Å². The minimum Gasteiger partial charge on any atom is -0.361 e. The summed E-state index contributed by atoms with van der Waals surface area (Å²) in [5.74, 6) is 0.243. The lowest BCUT2D eigenvalue weighted by Crippen LogP contribution is -2.33. The van der Waals surface area contributed by atoms with Gasteiger partial charge in [0.05, 0.1) is 17.7 Å². The molecule has 31 heavy (non-hydrogen) atoms. The van der Waals surface area contributed by atoms with Gasteiger partial charge in [0.25, 0.3) is 11.8 Å². The van der Waals surface area contributed by atoms with Gasteiger partial charge in [0, 0.05) is 18.5 Å². The normalized spacial score (nSPS) is 16.8. The van der Waals surface area contributed by atoms with Gasteiger partial charge < -0.3 is 15.2 Å². The van der Waals surface area contributed by atoms with E-state index < -0.39 is 0 Å². The SMILES string of the molecule is O=C1c2ccccc2C(=O)N1Cc1cc(CCCNCCCNC2CCCCC2)on1. The van der Waals surface area contributed by atoms with E-state index in [1.54, 1.807) is 24.3 Å². The molecule has 7 heteroatoms. The first-order valence-corrected chi connectivity index (χ1v) is 11.6. The fourth-order valence-electron chi connectivity index (χ4n) is 4.43. The Morgan fingerprint density at radius 3 is 2.42 bits per heavy atom. The second-order valence-electron chi connectivity index (χ2n) is 8.52. The number of hydrogen-bond acceptors (Lipinski definition) is 6. The van der Waals surface area contributed by atoms with E-state index in [-0.39, 0.29) is 18.4 Å². The van der Waals surface area contributed by atoms with Gasteiger partial charge in [-0.1, -0.05) is 36.6 Å². The van der Waals surface area contributed by atoms with E-state index in [4.69, 9.17) is 4.52 Å². The van der Waals surface area contributed by atoms with Crippen LogP contribution in [-0.2, 0) is 13.0 Å². The van der Waals surface area contributed by atoms with Crippen molar-refractivity contribution in [3.63, 3.8) is 0 Å². The quantitative estimate of drug-likeness (QED) is 0.425. The summed E-state index contributed by atoms with van der Waals surface area (Å²) in [6.45, 7) is 3.17. The van der Waals surface area contributed by atoms with Crippen molar-refractivity contribution in [3.05, 3.63) is 52.9 Å². The summed E-state index contributed by atoms with van der Waals surface area (Å²) in [7, 11) is 0. The van der Waals surface area contributed by atoms with Gasteiger partial charge >= 0.3 is 0 Å². The highest BCUT2D eigenvalue weighted by molar-refractivity contribution is 6.21. The lowest BCUT2D eigenvalue weighted by molar-refractivity contribution is 0.0639. The lowest BCUT2D eigenvalue weighted by Gasteiger charge is -2.22. The van der Waals surface area contributed by atoms with Crippen molar-refractivity contribution < 1.29 is 14.1 Å². The third kappa shape index (κ3) is 5.60. The Labute approximate surface area is 183 Å². The molecule has 4 rings (SSSR count). The van der Waals surface area contributed by atoms with Gasteiger partial charge in [-0.15, -0.1) is 0 Å². The Balaban J connectivity index is 1.11. The van der Waals surface area contributed by atoms with Gasteiger partial charge in [-0.3, -0.25) is 14.5 Å².